The second-order valence-electron chi connectivity index (χ2n) is 4.01. The predicted octanol–water partition coefficient (Wildman–Crippen LogP) is 0.880. The molecule has 6 nitrogen and oxygen atoms in total. The molecule has 1 aromatic rings. The van der Waals surface area contributed by atoms with Crippen LogP contribution in [0.25, 0.3) is 0 Å². The van der Waals surface area contributed by atoms with Gasteiger partial charge >= 0.3 is 0 Å². The third-order valence-corrected chi connectivity index (χ3v) is 4.31. The average molecular weight is 306 g/mol. The van der Waals surface area contributed by atoms with Gasteiger partial charge in [-0.05, 0) is 26.0 Å². The molecule has 0 radical (unpaired) electrons. The highest BCUT2D eigenvalue weighted by molar-refractivity contribution is 7.89. The third kappa shape index (κ3) is 4.15. The van der Waals surface area contributed by atoms with E-state index in [9.17, 15) is 13.2 Å². The standard InChI is InChI=1S/C11H16ClN3O3S/c1-4-15(3)11(16)8(2)14-19(17,18)9-5-6-10(12)13-7-9/h5-8,14H,4H2,1-3H3. The monoisotopic (exact) mass is 305 g/mol. The maximum Gasteiger partial charge on any atom is 0.242 e. The minimum Gasteiger partial charge on any atom is -0.345 e. The summed E-state index contributed by atoms with van der Waals surface area (Å²) in [5.41, 5.74) is 0. The van der Waals surface area contributed by atoms with E-state index in [-0.39, 0.29) is 16.0 Å². The minimum absolute atomic E-state index is 0.0318. The third-order valence-electron chi connectivity index (χ3n) is 2.56. The number of carbonyl (C=O) groups excluding carboxylic acids is 1. The first kappa shape index (κ1) is 15.9. The fourth-order valence-electron chi connectivity index (χ4n) is 1.36. The average Bonchev–Trinajstić information content (AvgIpc) is 2.36. The van der Waals surface area contributed by atoms with Gasteiger partial charge in [0.25, 0.3) is 0 Å². The Balaban J connectivity index is 2.86. The fourth-order valence-corrected chi connectivity index (χ4v) is 2.61. The van der Waals surface area contributed by atoms with Crippen LogP contribution < -0.4 is 4.72 Å². The van der Waals surface area contributed by atoms with Crippen molar-refractivity contribution < 1.29 is 13.2 Å². The zero-order valence-corrected chi connectivity index (χ0v) is 12.5. The van der Waals surface area contributed by atoms with Gasteiger partial charge in [0.2, 0.25) is 15.9 Å². The largest absolute Gasteiger partial charge is 0.345 e. The van der Waals surface area contributed by atoms with Gasteiger partial charge in [0.15, 0.2) is 0 Å². The van der Waals surface area contributed by atoms with Crippen molar-refractivity contribution in [2.75, 3.05) is 13.6 Å². The highest BCUT2D eigenvalue weighted by atomic mass is 35.5. The molecule has 0 aliphatic heterocycles. The highest BCUT2D eigenvalue weighted by Crippen LogP contribution is 2.11. The number of hydrogen-bond donors (Lipinski definition) is 1. The molecule has 1 rings (SSSR count). The van der Waals surface area contributed by atoms with E-state index in [1.165, 1.54) is 24.0 Å². The maximum atomic E-state index is 12.0. The van der Waals surface area contributed by atoms with E-state index in [2.05, 4.69) is 9.71 Å². The number of carbonyl (C=O) groups is 1. The Morgan fingerprint density at radius 3 is 2.63 bits per heavy atom. The highest BCUT2D eigenvalue weighted by Gasteiger charge is 2.23. The van der Waals surface area contributed by atoms with Gasteiger partial charge in [-0.1, -0.05) is 11.6 Å². The number of hydrogen-bond acceptors (Lipinski definition) is 4. The Labute approximate surface area is 117 Å². The Kier molecular flexibility index (Phi) is 5.28. The van der Waals surface area contributed by atoms with Crippen LogP contribution >= 0.6 is 11.6 Å². The number of pyridine rings is 1. The fraction of sp³-hybridized carbons (Fsp3) is 0.455. The number of nitrogens with zero attached hydrogens (tertiary/aromatic N) is 2. The maximum absolute atomic E-state index is 12.0. The normalized spacial score (nSPS) is 13.1. The molecule has 1 N–H and O–H groups in total. The molecule has 0 saturated carbocycles. The first-order valence-corrected chi connectivity index (χ1v) is 7.53. The molecule has 0 spiro atoms. The van der Waals surface area contributed by atoms with E-state index in [1.54, 1.807) is 7.05 Å². The predicted molar refractivity (Wildman–Crippen MR) is 72.3 cm³/mol. The molecule has 0 bridgehead atoms. The van der Waals surface area contributed by atoms with Crippen molar-refractivity contribution in [3.8, 4) is 0 Å². The summed E-state index contributed by atoms with van der Waals surface area (Å²) in [6.45, 7) is 3.81. The lowest BCUT2D eigenvalue weighted by Gasteiger charge is -2.20. The van der Waals surface area contributed by atoms with E-state index in [4.69, 9.17) is 11.6 Å². The van der Waals surface area contributed by atoms with Crippen LogP contribution in [0.5, 0.6) is 0 Å². The lowest BCUT2D eigenvalue weighted by molar-refractivity contribution is -0.131. The SMILES string of the molecule is CCN(C)C(=O)C(C)NS(=O)(=O)c1ccc(Cl)nc1. The first-order chi connectivity index (χ1) is 8.77. The number of rotatable bonds is 5. The topological polar surface area (TPSA) is 79.4 Å². The summed E-state index contributed by atoms with van der Waals surface area (Å²) in [7, 11) is -2.17. The Bertz CT molecular complexity index is 545. The summed E-state index contributed by atoms with van der Waals surface area (Å²) >= 11 is 5.59. The van der Waals surface area contributed by atoms with E-state index in [1.807, 2.05) is 6.92 Å². The molecule has 0 fully saturated rings. The van der Waals surface area contributed by atoms with Gasteiger partial charge in [0.05, 0.1) is 6.04 Å². The molecule has 8 heteroatoms. The molecule has 1 aromatic heterocycles. The summed E-state index contributed by atoms with van der Waals surface area (Å²) in [6.07, 6.45) is 1.14. The molecule has 0 aliphatic carbocycles. The lowest BCUT2D eigenvalue weighted by Crippen LogP contribution is -2.45. The van der Waals surface area contributed by atoms with Crippen LogP contribution in [0.15, 0.2) is 23.2 Å². The number of sulfonamides is 1. The van der Waals surface area contributed by atoms with Crippen LogP contribution in [0.1, 0.15) is 13.8 Å². The van der Waals surface area contributed by atoms with Crippen molar-refractivity contribution in [2.45, 2.75) is 24.8 Å². The second kappa shape index (κ2) is 6.31. The van der Waals surface area contributed by atoms with Crippen molar-refractivity contribution in [3.63, 3.8) is 0 Å². The van der Waals surface area contributed by atoms with Crippen molar-refractivity contribution >= 4 is 27.5 Å². The Morgan fingerprint density at radius 1 is 1.53 bits per heavy atom. The van der Waals surface area contributed by atoms with Crippen LogP contribution in [-0.4, -0.2) is 43.8 Å². The summed E-state index contributed by atoms with van der Waals surface area (Å²) < 4.78 is 26.3. The minimum atomic E-state index is -3.78. The van der Waals surface area contributed by atoms with E-state index in [0.717, 1.165) is 6.20 Å². The number of amides is 1. The van der Waals surface area contributed by atoms with Crippen molar-refractivity contribution in [1.82, 2.24) is 14.6 Å². The molecule has 0 aromatic carbocycles. The Hall–Kier alpha value is -1.18. The number of likely N-dealkylation sites (N-methyl/N-ethyl adjacent to an activating group) is 1. The van der Waals surface area contributed by atoms with Gasteiger partial charge < -0.3 is 4.90 Å². The first-order valence-electron chi connectivity index (χ1n) is 5.66. The van der Waals surface area contributed by atoms with Gasteiger partial charge in [-0.15, -0.1) is 0 Å². The quantitative estimate of drug-likeness (QED) is 0.819. The molecule has 1 atom stereocenters. The van der Waals surface area contributed by atoms with Gasteiger partial charge in [0, 0.05) is 19.8 Å². The van der Waals surface area contributed by atoms with Gasteiger partial charge in [-0.25, -0.2) is 13.4 Å². The smallest absolute Gasteiger partial charge is 0.242 e. The van der Waals surface area contributed by atoms with Crippen LogP contribution in [-0.2, 0) is 14.8 Å². The van der Waals surface area contributed by atoms with Crippen molar-refractivity contribution in [1.29, 1.82) is 0 Å². The van der Waals surface area contributed by atoms with Gasteiger partial charge in [-0.3, -0.25) is 4.79 Å². The van der Waals surface area contributed by atoms with Gasteiger partial charge in [-0.2, -0.15) is 4.72 Å². The van der Waals surface area contributed by atoms with Crippen molar-refractivity contribution in [2.24, 2.45) is 0 Å². The van der Waals surface area contributed by atoms with E-state index in [0.29, 0.717) is 6.54 Å². The number of aromatic nitrogens is 1. The molecule has 0 saturated heterocycles. The summed E-state index contributed by atoms with van der Waals surface area (Å²) in [6, 6.07) is 1.87. The summed E-state index contributed by atoms with van der Waals surface area (Å²) in [4.78, 5) is 16.9. The summed E-state index contributed by atoms with van der Waals surface area (Å²) in [5.74, 6) is -0.298. The molecule has 19 heavy (non-hydrogen) atoms. The zero-order valence-electron chi connectivity index (χ0n) is 10.9. The van der Waals surface area contributed by atoms with E-state index < -0.39 is 16.1 Å². The van der Waals surface area contributed by atoms with Crippen molar-refractivity contribution in [3.05, 3.63) is 23.5 Å². The molecule has 106 valence electrons. The second-order valence-corrected chi connectivity index (χ2v) is 6.11. The van der Waals surface area contributed by atoms with Crippen LogP contribution in [0.2, 0.25) is 5.15 Å². The van der Waals surface area contributed by atoms with Crippen LogP contribution in [0.4, 0.5) is 0 Å². The molecule has 1 heterocycles. The molecule has 0 aliphatic rings. The van der Waals surface area contributed by atoms with Crippen LogP contribution in [0.3, 0.4) is 0 Å². The van der Waals surface area contributed by atoms with E-state index >= 15 is 0 Å². The lowest BCUT2D eigenvalue weighted by atomic mass is 10.3. The molecule has 1 amide bonds. The van der Waals surface area contributed by atoms with Gasteiger partial charge in [0.1, 0.15) is 10.0 Å². The van der Waals surface area contributed by atoms with Crippen LogP contribution in [0, 0.1) is 0 Å². The number of halogens is 1. The molecular formula is C11H16ClN3O3S. The molecular weight excluding hydrogens is 290 g/mol. The number of nitrogens with one attached hydrogen (secondary N) is 1. The zero-order chi connectivity index (χ0) is 14.6. The summed E-state index contributed by atoms with van der Waals surface area (Å²) in [5, 5.41) is 0.203. The molecule has 1 unspecified atom stereocenters. The Morgan fingerprint density at radius 2 is 2.16 bits per heavy atom.